The Hall–Kier alpha value is 0.921. The van der Waals surface area contributed by atoms with E-state index in [0.717, 1.165) is 94.4 Å². The van der Waals surface area contributed by atoms with Gasteiger partial charge in [-0.2, -0.15) is 0 Å². The summed E-state index contributed by atoms with van der Waals surface area (Å²) in [6, 6.07) is 2.61. The van der Waals surface area contributed by atoms with Crippen molar-refractivity contribution in [3.8, 4) is 0 Å². The van der Waals surface area contributed by atoms with Crippen molar-refractivity contribution < 1.29 is 101 Å². The van der Waals surface area contributed by atoms with Crippen molar-refractivity contribution in [1.82, 2.24) is 5.32 Å². The molecule has 0 radical (unpaired) electrons. The minimum absolute atomic E-state index is 0. The third-order valence-corrected chi connectivity index (χ3v) is 17.2. The van der Waals surface area contributed by atoms with Gasteiger partial charge in [-0.1, -0.05) is 13.8 Å². The highest BCUT2D eigenvalue weighted by molar-refractivity contribution is 6.61. The van der Waals surface area contributed by atoms with Crippen molar-refractivity contribution in [2.24, 2.45) is 0 Å². The Labute approximate surface area is 367 Å². The molecule has 0 fully saturated rings. The van der Waals surface area contributed by atoms with Gasteiger partial charge in [-0.15, -0.1) is 0 Å². The van der Waals surface area contributed by atoms with Crippen LogP contribution in [0.25, 0.3) is 0 Å². The van der Waals surface area contributed by atoms with Crippen LogP contribution < -0.4 is 52.3 Å². The van der Waals surface area contributed by atoms with Gasteiger partial charge in [0, 0.05) is 116 Å². The normalized spacial score (nSPS) is 12.1. The van der Waals surface area contributed by atoms with Crippen LogP contribution in [-0.2, 0) is 49.3 Å². The first-order valence-corrected chi connectivity index (χ1v) is 25.0. The smallest absolute Gasteiger partial charge is 0.500 e. The minimum Gasteiger partial charge on any atom is -1.00 e. The van der Waals surface area contributed by atoms with Crippen molar-refractivity contribution in [2.45, 2.75) is 64.1 Å². The van der Waals surface area contributed by atoms with Gasteiger partial charge in [-0.05, 0) is 26.4 Å². The lowest BCUT2D eigenvalue weighted by Gasteiger charge is -2.27. The van der Waals surface area contributed by atoms with E-state index in [2.05, 4.69) is 47.4 Å². The van der Waals surface area contributed by atoms with Crippen LogP contribution in [0.4, 0.5) is 0 Å². The summed E-state index contributed by atoms with van der Waals surface area (Å²) in [7, 11) is 22.0. The number of nitrogens with one attached hydrogen (secondary N) is 3. The van der Waals surface area contributed by atoms with Gasteiger partial charge in [0.25, 0.3) is 0 Å². The summed E-state index contributed by atoms with van der Waals surface area (Å²) >= 11 is 0. The number of rotatable bonds is 31. The number of ether oxygens (including phenoxy) is 2. The van der Waals surface area contributed by atoms with E-state index in [1.807, 2.05) is 7.05 Å². The lowest BCUT2D eigenvalue weighted by Crippen LogP contribution is -3.13. The van der Waals surface area contributed by atoms with Gasteiger partial charge in [-0.25, -0.2) is 0 Å². The molecule has 0 rings (SSSR count). The average Bonchev–Trinajstić information content (AvgIpc) is 3.16. The second-order valence-corrected chi connectivity index (χ2v) is 23.0. The van der Waals surface area contributed by atoms with Crippen LogP contribution in [0.1, 0.15) is 46.0 Å². The van der Waals surface area contributed by atoms with Gasteiger partial charge in [0.1, 0.15) is 13.1 Å². The van der Waals surface area contributed by atoms with E-state index >= 15 is 0 Å². The van der Waals surface area contributed by atoms with Gasteiger partial charge in [0.05, 0.1) is 67.6 Å². The van der Waals surface area contributed by atoms with Crippen LogP contribution in [-0.4, -0.2) is 203 Å². The molecule has 3 N–H and O–H groups in total. The lowest BCUT2D eigenvalue weighted by atomic mass is 10.4. The Balaban J connectivity index is -0.000000119. The minimum atomic E-state index is -2.42. The zero-order valence-electron chi connectivity index (χ0n) is 39.1. The number of nitrogens with zero attached hydrogens (tertiary/aromatic N) is 1. The SMILES string of the molecule is CCCNC.CCC[NH+](C)CCC[Si](OC)(OC)OC.COCC[NH+](CCC[Si](OC)(OC)OC)CCOC.CO[Si](CCC[N+](C)(C)C)(OC)OC.[Cl-].[Cl-].[Cl-]. The molecular formula is C35H91Cl3N4O11Si3. The Morgan fingerprint density at radius 2 is 0.821 bits per heavy atom. The summed E-state index contributed by atoms with van der Waals surface area (Å²) in [6.07, 6.45) is 5.62. The first kappa shape index (κ1) is 71.4. The van der Waals surface area contributed by atoms with Crippen molar-refractivity contribution in [1.29, 1.82) is 0 Å². The summed E-state index contributed by atoms with van der Waals surface area (Å²) in [6.45, 7) is 13.5. The van der Waals surface area contributed by atoms with Crippen LogP contribution >= 0.6 is 0 Å². The van der Waals surface area contributed by atoms with Crippen LogP contribution in [0, 0.1) is 0 Å². The van der Waals surface area contributed by atoms with Gasteiger partial charge in [0.2, 0.25) is 0 Å². The Morgan fingerprint density at radius 1 is 0.482 bits per heavy atom. The molecule has 0 saturated heterocycles. The summed E-state index contributed by atoms with van der Waals surface area (Å²) in [4.78, 5) is 3.03. The summed E-state index contributed by atoms with van der Waals surface area (Å²) in [5.74, 6) is 0. The summed E-state index contributed by atoms with van der Waals surface area (Å²) in [5, 5.41) is 3.02. The number of hydrogen-bond donors (Lipinski definition) is 3. The molecule has 0 aliphatic rings. The molecule has 0 saturated carbocycles. The molecule has 15 nitrogen and oxygen atoms in total. The largest absolute Gasteiger partial charge is 1.00 e. The molecule has 1 unspecified atom stereocenters. The molecule has 1 atom stereocenters. The van der Waals surface area contributed by atoms with E-state index in [4.69, 9.17) is 49.3 Å². The van der Waals surface area contributed by atoms with Gasteiger partial charge in [0.15, 0.2) is 0 Å². The predicted molar refractivity (Wildman–Crippen MR) is 222 cm³/mol. The highest BCUT2D eigenvalue weighted by Crippen LogP contribution is 2.16. The van der Waals surface area contributed by atoms with Crippen molar-refractivity contribution in [3.05, 3.63) is 0 Å². The lowest BCUT2D eigenvalue weighted by molar-refractivity contribution is -0.900. The molecule has 0 heterocycles. The fourth-order valence-corrected chi connectivity index (χ4v) is 10.4. The second-order valence-electron chi connectivity index (χ2n) is 13.8. The molecule has 0 aromatic rings. The van der Waals surface area contributed by atoms with Gasteiger partial charge < -0.3 is 106 Å². The molecule has 0 aliphatic carbocycles. The van der Waals surface area contributed by atoms with E-state index in [9.17, 15) is 0 Å². The Bertz CT molecular complexity index is 722. The maximum atomic E-state index is 5.42. The molecule has 0 aromatic heterocycles. The summed E-state index contributed by atoms with van der Waals surface area (Å²) in [5.41, 5.74) is 0. The van der Waals surface area contributed by atoms with Crippen molar-refractivity contribution >= 4 is 26.4 Å². The third-order valence-electron chi connectivity index (χ3n) is 8.71. The zero-order valence-corrected chi connectivity index (χ0v) is 44.4. The Morgan fingerprint density at radius 3 is 1.07 bits per heavy atom. The Kier molecular flexibility index (Phi) is 59.9. The predicted octanol–water partition coefficient (Wildman–Crippen LogP) is -7.80. The van der Waals surface area contributed by atoms with Crippen LogP contribution in [0.2, 0.25) is 18.1 Å². The highest BCUT2D eigenvalue weighted by Gasteiger charge is 2.39. The molecule has 0 amide bonds. The maximum Gasteiger partial charge on any atom is 0.500 e. The van der Waals surface area contributed by atoms with Gasteiger partial charge in [-0.3, -0.25) is 0 Å². The third kappa shape index (κ3) is 40.3. The first-order valence-electron chi connectivity index (χ1n) is 19.2. The zero-order chi connectivity index (χ0) is 41.7. The number of quaternary nitrogens is 3. The summed E-state index contributed by atoms with van der Waals surface area (Å²) < 4.78 is 59.6. The molecule has 0 aliphatic heterocycles. The fourth-order valence-electron chi connectivity index (χ4n) is 5.27. The molecule has 0 bridgehead atoms. The van der Waals surface area contributed by atoms with E-state index in [1.54, 1.807) is 83.1 Å². The van der Waals surface area contributed by atoms with Crippen LogP contribution in [0.5, 0.6) is 0 Å². The quantitative estimate of drug-likeness (QED) is 0.0453. The molecular weight excluding hydrogens is 843 g/mol. The first-order chi connectivity index (χ1) is 25.1. The molecule has 56 heavy (non-hydrogen) atoms. The van der Waals surface area contributed by atoms with E-state index in [-0.39, 0.29) is 37.2 Å². The number of hydrogen-bond acceptors (Lipinski definition) is 12. The topological polar surface area (TPSA) is 122 Å². The number of methoxy groups -OCH3 is 2. The van der Waals surface area contributed by atoms with E-state index in [0.29, 0.717) is 0 Å². The van der Waals surface area contributed by atoms with Crippen molar-refractivity contribution in [2.75, 3.05) is 172 Å². The fraction of sp³-hybridized carbons (Fsp3) is 1.00. The molecule has 0 spiro atoms. The monoisotopic (exact) mass is 933 g/mol. The van der Waals surface area contributed by atoms with Crippen LogP contribution in [0.3, 0.4) is 0 Å². The van der Waals surface area contributed by atoms with E-state index < -0.39 is 26.4 Å². The van der Waals surface area contributed by atoms with Gasteiger partial charge >= 0.3 is 26.4 Å². The second kappa shape index (κ2) is 47.0. The molecule has 0 aromatic carbocycles. The maximum absolute atomic E-state index is 5.42. The molecule has 21 heteroatoms. The molecule has 350 valence electrons. The van der Waals surface area contributed by atoms with Crippen molar-refractivity contribution in [3.63, 3.8) is 0 Å². The number of halogens is 3. The van der Waals surface area contributed by atoms with E-state index in [1.165, 1.54) is 24.3 Å². The standard InChI is InChI=1S/C12H29NO5Si.C10H25NO3Si.C9H24NO3Si.C4H11N.3ClH/c1-14-10-8-13(9-11-15-2)7-6-12-19(16-3,17-4)18-5;1-6-8-11(2)9-7-10-15(12-3,13-4)14-5;1-10(2,3)8-7-9-14(11-4,12-5)13-6;1-3-4-5-2;;;/h6-12H2,1-5H3;6-10H2,1-5H3;7-9H2,1-6H3;5H,3-4H2,1-2H3;3*1H/q;;+1;;;;/p-1. The van der Waals surface area contributed by atoms with Crippen LogP contribution in [0.15, 0.2) is 0 Å². The average molecular weight is 935 g/mol. The highest BCUT2D eigenvalue weighted by atomic mass is 35.5.